The maximum Gasteiger partial charge on any atom is 0.236 e. The molecule has 3 rings (SSSR count). The summed E-state index contributed by atoms with van der Waals surface area (Å²) in [5, 5.41) is 0. The van der Waals surface area contributed by atoms with Crippen LogP contribution in [0.25, 0.3) is 0 Å². The molecule has 0 atom stereocenters. The lowest BCUT2D eigenvalue weighted by atomic mass is 10.0. The molecule has 2 heterocycles. The topological polar surface area (TPSA) is 70.2 Å². The number of methoxy groups -OCH3 is 1. The Hall–Kier alpha value is -2.41. The standard InChI is InChI=1S/C23H33N3O4/c1-30-20-10-8-19(9-11-20)21(27)6-5-7-22(28)26-16-14-24(15-17-26)18-23(29)25-12-3-2-4-13-25/h8-11H,2-7,12-18H2,1H3. The molecule has 1 aromatic carbocycles. The fourth-order valence-corrected chi connectivity index (χ4v) is 4.07. The minimum atomic E-state index is 0.0477. The van der Waals surface area contributed by atoms with Crippen LogP contribution in [-0.4, -0.2) is 85.2 Å². The number of Topliss-reactive ketones (excluding diaryl/α,β-unsaturated/α-hetero) is 1. The number of amides is 2. The summed E-state index contributed by atoms with van der Waals surface area (Å²) in [7, 11) is 1.59. The van der Waals surface area contributed by atoms with E-state index in [0.717, 1.165) is 44.8 Å². The fourth-order valence-electron chi connectivity index (χ4n) is 4.07. The summed E-state index contributed by atoms with van der Waals surface area (Å²) in [6.45, 7) is 4.99. The molecule has 0 saturated carbocycles. The van der Waals surface area contributed by atoms with Gasteiger partial charge in [-0.1, -0.05) is 0 Å². The summed E-state index contributed by atoms with van der Waals surface area (Å²) < 4.78 is 5.10. The number of ketones is 1. The number of piperazine rings is 1. The molecule has 0 radical (unpaired) electrons. The second-order valence-electron chi connectivity index (χ2n) is 8.10. The van der Waals surface area contributed by atoms with Crippen LogP contribution in [-0.2, 0) is 9.59 Å². The molecule has 2 amide bonds. The summed E-state index contributed by atoms with van der Waals surface area (Å²) in [6, 6.07) is 7.06. The van der Waals surface area contributed by atoms with Crippen molar-refractivity contribution in [3.8, 4) is 5.75 Å². The third-order valence-electron chi connectivity index (χ3n) is 6.00. The van der Waals surface area contributed by atoms with Gasteiger partial charge in [0, 0.05) is 57.7 Å². The first-order chi connectivity index (χ1) is 14.6. The number of piperidine rings is 1. The molecule has 1 aromatic rings. The van der Waals surface area contributed by atoms with Gasteiger partial charge in [0.05, 0.1) is 13.7 Å². The van der Waals surface area contributed by atoms with Crippen LogP contribution in [0.3, 0.4) is 0 Å². The van der Waals surface area contributed by atoms with Crippen LogP contribution in [0.1, 0.15) is 48.9 Å². The Kier molecular flexibility index (Phi) is 8.25. The van der Waals surface area contributed by atoms with Gasteiger partial charge >= 0.3 is 0 Å². The molecule has 2 aliphatic heterocycles. The third kappa shape index (κ3) is 6.29. The van der Waals surface area contributed by atoms with Crippen molar-refractivity contribution in [2.24, 2.45) is 0 Å². The van der Waals surface area contributed by atoms with Gasteiger partial charge in [0.2, 0.25) is 11.8 Å². The van der Waals surface area contributed by atoms with Gasteiger partial charge in [-0.2, -0.15) is 0 Å². The molecule has 2 saturated heterocycles. The molecule has 2 fully saturated rings. The molecule has 0 unspecified atom stereocenters. The molecule has 7 heteroatoms. The number of likely N-dealkylation sites (tertiary alicyclic amines) is 1. The highest BCUT2D eigenvalue weighted by Gasteiger charge is 2.24. The Morgan fingerprint density at radius 2 is 1.43 bits per heavy atom. The summed E-state index contributed by atoms with van der Waals surface area (Å²) in [5.41, 5.74) is 0.648. The highest BCUT2D eigenvalue weighted by Crippen LogP contribution is 2.15. The molecular weight excluding hydrogens is 382 g/mol. The monoisotopic (exact) mass is 415 g/mol. The quantitative estimate of drug-likeness (QED) is 0.609. The molecule has 0 aromatic heterocycles. The first kappa shape index (κ1) is 22.3. The smallest absolute Gasteiger partial charge is 0.236 e. The van der Waals surface area contributed by atoms with Crippen LogP contribution in [0.15, 0.2) is 24.3 Å². The lowest BCUT2D eigenvalue weighted by Crippen LogP contribution is -2.52. The van der Waals surface area contributed by atoms with Crippen molar-refractivity contribution < 1.29 is 19.1 Å². The average molecular weight is 416 g/mol. The molecule has 0 aliphatic carbocycles. The summed E-state index contributed by atoms with van der Waals surface area (Å²) in [6.07, 6.45) is 4.73. The number of rotatable bonds is 8. The first-order valence-electron chi connectivity index (χ1n) is 11.0. The van der Waals surface area contributed by atoms with E-state index in [-0.39, 0.29) is 17.6 Å². The van der Waals surface area contributed by atoms with E-state index in [0.29, 0.717) is 44.5 Å². The molecule has 0 bridgehead atoms. The van der Waals surface area contributed by atoms with Crippen molar-refractivity contribution in [1.29, 1.82) is 0 Å². The third-order valence-corrected chi connectivity index (χ3v) is 6.00. The van der Waals surface area contributed by atoms with Crippen molar-refractivity contribution in [1.82, 2.24) is 14.7 Å². The van der Waals surface area contributed by atoms with Gasteiger partial charge < -0.3 is 14.5 Å². The second kappa shape index (κ2) is 11.1. The van der Waals surface area contributed by atoms with E-state index in [4.69, 9.17) is 4.74 Å². The van der Waals surface area contributed by atoms with Gasteiger partial charge in [0.1, 0.15) is 5.75 Å². The first-order valence-corrected chi connectivity index (χ1v) is 11.0. The largest absolute Gasteiger partial charge is 0.497 e. The number of carbonyl (C=O) groups excluding carboxylic acids is 3. The van der Waals surface area contributed by atoms with Crippen LogP contribution in [0.2, 0.25) is 0 Å². The highest BCUT2D eigenvalue weighted by atomic mass is 16.5. The summed E-state index contributed by atoms with van der Waals surface area (Å²) in [4.78, 5) is 43.1. The van der Waals surface area contributed by atoms with E-state index in [1.807, 2.05) is 9.80 Å². The van der Waals surface area contributed by atoms with Gasteiger partial charge in [-0.05, 0) is 49.9 Å². The predicted octanol–water partition coefficient (Wildman–Crippen LogP) is 2.20. The number of hydrogen-bond donors (Lipinski definition) is 0. The SMILES string of the molecule is COc1ccc(C(=O)CCCC(=O)N2CCN(CC(=O)N3CCCCC3)CC2)cc1. The highest BCUT2D eigenvalue weighted by molar-refractivity contribution is 5.96. The van der Waals surface area contributed by atoms with Gasteiger partial charge in [-0.3, -0.25) is 19.3 Å². The lowest BCUT2D eigenvalue weighted by Gasteiger charge is -2.36. The average Bonchev–Trinajstić information content (AvgIpc) is 2.80. The number of carbonyl (C=O) groups is 3. The van der Waals surface area contributed by atoms with Crippen LogP contribution in [0.5, 0.6) is 5.75 Å². The van der Waals surface area contributed by atoms with Crippen molar-refractivity contribution >= 4 is 17.6 Å². The molecule has 30 heavy (non-hydrogen) atoms. The van der Waals surface area contributed by atoms with Crippen molar-refractivity contribution in [2.75, 3.05) is 52.9 Å². The van der Waals surface area contributed by atoms with E-state index < -0.39 is 0 Å². The molecule has 0 spiro atoms. The van der Waals surface area contributed by atoms with Crippen LogP contribution >= 0.6 is 0 Å². The molecular formula is C23H33N3O4. The number of benzene rings is 1. The molecule has 7 nitrogen and oxygen atoms in total. The Balaban J connectivity index is 1.33. The van der Waals surface area contributed by atoms with Gasteiger partial charge in [-0.15, -0.1) is 0 Å². The normalized spacial score (nSPS) is 17.6. The number of hydrogen-bond acceptors (Lipinski definition) is 5. The summed E-state index contributed by atoms with van der Waals surface area (Å²) >= 11 is 0. The van der Waals surface area contributed by atoms with Crippen LogP contribution in [0.4, 0.5) is 0 Å². The number of nitrogens with zero attached hydrogens (tertiary/aromatic N) is 3. The van der Waals surface area contributed by atoms with Gasteiger partial charge in [-0.25, -0.2) is 0 Å². The van der Waals surface area contributed by atoms with Crippen molar-refractivity contribution in [2.45, 2.75) is 38.5 Å². The van der Waals surface area contributed by atoms with Gasteiger partial charge in [0.25, 0.3) is 0 Å². The molecule has 164 valence electrons. The van der Waals surface area contributed by atoms with Crippen LogP contribution < -0.4 is 4.74 Å². The maximum atomic E-state index is 12.5. The van der Waals surface area contributed by atoms with E-state index in [1.165, 1.54) is 6.42 Å². The number of ether oxygens (including phenoxy) is 1. The Labute approximate surface area is 179 Å². The lowest BCUT2D eigenvalue weighted by molar-refractivity contribution is -0.135. The molecule has 0 N–H and O–H groups in total. The Bertz CT molecular complexity index is 720. The summed E-state index contributed by atoms with van der Waals surface area (Å²) in [5.74, 6) is 1.08. The zero-order chi connectivity index (χ0) is 21.3. The van der Waals surface area contributed by atoms with E-state index in [1.54, 1.807) is 31.4 Å². The minimum Gasteiger partial charge on any atom is -0.497 e. The maximum absolute atomic E-state index is 12.5. The van der Waals surface area contributed by atoms with E-state index in [2.05, 4.69) is 4.90 Å². The van der Waals surface area contributed by atoms with Crippen molar-refractivity contribution in [3.05, 3.63) is 29.8 Å². The van der Waals surface area contributed by atoms with E-state index in [9.17, 15) is 14.4 Å². The zero-order valence-corrected chi connectivity index (χ0v) is 18.0. The second-order valence-corrected chi connectivity index (χ2v) is 8.10. The fraction of sp³-hybridized carbons (Fsp3) is 0.609. The Morgan fingerprint density at radius 1 is 0.800 bits per heavy atom. The molecule has 2 aliphatic rings. The predicted molar refractivity (Wildman–Crippen MR) is 115 cm³/mol. The zero-order valence-electron chi connectivity index (χ0n) is 18.0. The Morgan fingerprint density at radius 3 is 2.07 bits per heavy atom. The van der Waals surface area contributed by atoms with E-state index >= 15 is 0 Å². The van der Waals surface area contributed by atoms with Crippen LogP contribution in [0, 0.1) is 0 Å². The van der Waals surface area contributed by atoms with Gasteiger partial charge in [0.15, 0.2) is 5.78 Å². The van der Waals surface area contributed by atoms with Crippen molar-refractivity contribution in [3.63, 3.8) is 0 Å². The minimum absolute atomic E-state index is 0.0477.